The predicted octanol–water partition coefficient (Wildman–Crippen LogP) is 1.54. The number of nitrogens with zero attached hydrogens (tertiary/aromatic N) is 1. The first kappa shape index (κ1) is 21.0. The summed E-state index contributed by atoms with van der Waals surface area (Å²) >= 11 is 0. The average Bonchev–Trinajstić information content (AvgIpc) is 3.36. The normalized spacial score (nSPS) is 11.6. The number of anilines is 1. The first-order valence-electron chi connectivity index (χ1n) is 8.72. The van der Waals surface area contributed by atoms with Crippen molar-refractivity contribution >= 4 is 33.6 Å². The molecule has 0 saturated heterocycles. The number of nitrogens with two attached hydrogens (primary N) is 1. The largest absolute Gasteiger partial charge is 0.468 e. The Morgan fingerprint density at radius 2 is 1.97 bits per heavy atom. The molecule has 0 aliphatic heterocycles. The second-order valence-corrected chi connectivity index (χ2v) is 8.00. The van der Waals surface area contributed by atoms with Crippen molar-refractivity contribution in [3.8, 4) is 0 Å². The summed E-state index contributed by atoms with van der Waals surface area (Å²) in [5.41, 5.74) is 6.46. The third-order valence-corrected chi connectivity index (χ3v) is 5.48. The van der Waals surface area contributed by atoms with Gasteiger partial charge >= 0.3 is 0 Å². The number of nitrogens with one attached hydrogen (secondary N) is 3. The monoisotopic (exact) mass is 429 g/mol. The number of carbonyl (C=O) groups is 2. The van der Waals surface area contributed by atoms with Crippen molar-refractivity contribution < 1.29 is 22.4 Å². The number of H-pyrrole nitrogens is 1. The second-order valence-electron chi connectivity index (χ2n) is 6.23. The van der Waals surface area contributed by atoms with E-state index >= 15 is 0 Å². The SMILES string of the molecule is Cc1[nH]nc(C(N)=O)c1NC(=O)/C=C/c1ccc(S(=O)(=O)NCc2ccco2)cc1. The van der Waals surface area contributed by atoms with E-state index in [0.29, 0.717) is 17.0 Å². The van der Waals surface area contributed by atoms with Gasteiger partial charge < -0.3 is 15.5 Å². The molecule has 0 fully saturated rings. The molecule has 2 heterocycles. The van der Waals surface area contributed by atoms with Gasteiger partial charge in [0, 0.05) is 6.08 Å². The third-order valence-electron chi connectivity index (χ3n) is 4.06. The summed E-state index contributed by atoms with van der Waals surface area (Å²) in [4.78, 5) is 23.5. The maximum absolute atomic E-state index is 12.3. The molecule has 30 heavy (non-hydrogen) atoms. The highest BCUT2D eigenvalue weighted by Gasteiger charge is 2.16. The number of hydrogen-bond acceptors (Lipinski definition) is 6. The Balaban J connectivity index is 1.63. The lowest BCUT2D eigenvalue weighted by molar-refractivity contribution is -0.111. The standard InChI is InChI=1S/C19H19N5O5S/c1-12-17(18(19(20)26)24-23-12)22-16(25)9-6-13-4-7-15(8-5-13)30(27,28)21-11-14-3-2-10-29-14/h2-10,21H,11H2,1H3,(H2,20,26)(H,22,25)(H,23,24)/b9-6+. The topological polar surface area (TPSA) is 160 Å². The number of furan rings is 1. The zero-order valence-electron chi connectivity index (χ0n) is 15.9. The maximum atomic E-state index is 12.3. The maximum Gasteiger partial charge on any atom is 0.271 e. The minimum absolute atomic E-state index is 0.0396. The van der Waals surface area contributed by atoms with Gasteiger partial charge in [-0.05, 0) is 42.8 Å². The van der Waals surface area contributed by atoms with E-state index in [2.05, 4.69) is 20.2 Å². The highest BCUT2D eigenvalue weighted by Crippen LogP contribution is 2.17. The molecule has 0 saturated carbocycles. The van der Waals surface area contributed by atoms with Gasteiger partial charge in [-0.2, -0.15) is 5.10 Å². The number of aryl methyl sites for hydroxylation is 1. The van der Waals surface area contributed by atoms with Crippen LogP contribution < -0.4 is 15.8 Å². The second kappa shape index (κ2) is 8.76. The minimum atomic E-state index is -3.70. The summed E-state index contributed by atoms with van der Waals surface area (Å²) in [5.74, 6) is -0.772. The van der Waals surface area contributed by atoms with Crippen LogP contribution in [0.15, 0.2) is 58.1 Å². The van der Waals surface area contributed by atoms with Crippen molar-refractivity contribution in [2.24, 2.45) is 5.73 Å². The van der Waals surface area contributed by atoms with Crippen molar-refractivity contribution in [3.63, 3.8) is 0 Å². The van der Waals surface area contributed by atoms with Gasteiger partial charge in [0.2, 0.25) is 15.9 Å². The molecule has 11 heteroatoms. The molecule has 0 unspecified atom stereocenters. The Bertz CT molecular complexity index is 1180. The molecule has 1 aromatic carbocycles. The third kappa shape index (κ3) is 5.01. The number of rotatable bonds is 8. The van der Waals surface area contributed by atoms with Gasteiger partial charge in [-0.15, -0.1) is 0 Å². The van der Waals surface area contributed by atoms with E-state index in [4.69, 9.17) is 10.2 Å². The van der Waals surface area contributed by atoms with E-state index < -0.39 is 21.8 Å². The number of aromatic amines is 1. The molecule has 5 N–H and O–H groups in total. The number of aromatic nitrogens is 2. The number of carbonyl (C=O) groups excluding carboxylic acids is 2. The van der Waals surface area contributed by atoms with Gasteiger partial charge in [0.15, 0.2) is 5.69 Å². The average molecular weight is 429 g/mol. The van der Waals surface area contributed by atoms with Crippen molar-refractivity contribution in [2.45, 2.75) is 18.4 Å². The molecule has 0 radical (unpaired) electrons. The molecule has 156 valence electrons. The molecule has 0 spiro atoms. The number of hydrogen-bond donors (Lipinski definition) is 4. The molecule has 2 amide bonds. The van der Waals surface area contributed by atoms with Crippen LogP contribution in [-0.4, -0.2) is 30.4 Å². The number of benzene rings is 1. The van der Waals surface area contributed by atoms with Crippen molar-refractivity contribution in [3.05, 3.63) is 71.4 Å². The fourth-order valence-electron chi connectivity index (χ4n) is 2.52. The van der Waals surface area contributed by atoms with E-state index in [1.807, 2.05) is 0 Å². The fraction of sp³-hybridized carbons (Fsp3) is 0.105. The van der Waals surface area contributed by atoms with Gasteiger partial charge in [0.1, 0.15) is 5.76 Å². The Labute approximate surface area is 172 Å². The first-order valence-corrected chi connectivity index (χ1v) is 10.2. The van der Waals surface area contributed by atoms with Crippen molar-refractivity contribution in [1.29, 1.82) is 0 Å². The molecule has 2 aromatic heterocycles. The first-order chi connectivity index (χ1) is 14.3. The fourth-order valence-corrected chi connectivity index (χ4v) is 3.51. The van der Waals surface area contributed by atoms with E-state index in [1.165, 1.54) is 30.5 Å². The molecule has 3 aromatic rings. The molecular weight excluding hydrogens is 410 g/mol. The Morgan fingerprint density at radius 3 is 2.60 bits per heavy atom. The van der Waals surface area contributed by atoms with Gasteiger partial charge in [-0.3, -0.25) is 14.7 Å². The van der Waals surface area contributed by atoms with Crippen LogP contribution in [0.25, 0.3) is 6.08 Å². The highest BCUT2D eigenvalue weighted by atomic mass is 32.2. The number of primary amides is 1. The van der Waals surface area contributed by atoms with Crippen LogP contribution in [0.4, 0.5) is 5.69 Å². The molecule has 0 bridgehead atoms. The van der Waals surface area contributed by atoms with Crippen LogP contribution in [0, 0.1) is 6.92 Å². The number of sulfonamides is 1. The molecule has 0 aliphatic rings. The van der Waals surface area contributed by atoms with Crippen LogP contribution >= 0.6 is 0 Å². The van der Waals surface area contributed by atoms with Gasteiger partial charge in [-0.25, -0.2) is 13.1 Å². The Hall–Kier alpha value is -3.70. The summed E-state index contributed by atoms with van der Waals surface area (Å²) in [6.07, 6.45) is 4.21. The van der Waals surface area contributed by atoms with Crippen molar-refractivity contribution in [1.82, 2.24) is 14.9 Å². The number of amides is 2. The smallest absolute Gasteiger partial charge is 0.271 e. The van der Waals surface area contributed by atoms with Crippen LogP contribution in [0.2, 0.25) is 0 Å². The summed E-state index contributed by atoms with van der Waals surface area (Å²) in [5, 5.41) is 8.86. The van der Waals surface area contributed by atoms with E-state index in [0.717, 1.165) is 0 Å². The van der Waals surface area contributed by atoms with Crippen LogP contribution in [0.3, 0.4) is 0 Å². The van der Waals surface area contributed by atoms with Gasteiger partial charge in [0.05, 0.1) is 29.1 Å². The van der Waals surface area contributed by atoms with E-state index in [1.54, 1.807) is 31.2 Å². The summed E-state index contributed by atoms with van der Waals surface area (Å²) in [6.45, 7) is 1.68. The molecule has 0 aliphatic carbocycles. The van der Waals surface area contributed by atoms with Crippen LogP contribution in [0.1, 0.15) is 27.5 Å². The zero-order chi connectivity index (χ0) is 21.7. The highest BCUT2D eigenvalue weighted by molar-refractivity contribution is 7.89. The summed E-state index contributed by atoms with van der Waals surface area (Å²) in [7, 11) is -3.70. The predicted molar refractivity (Wildman–Crippen MR) is 109 cm³/mol. The lowest BCUT2D eigenvalue weighted by Crippen LogP contribution is -2.22. The Morgan fingerprint density at radius 1 is 1.23 bits per heavy atom. The Kier molecular flexibility index (Phi) is 6.14. The van der Waals surface area contributed by atoms with E-state index in [9.17, 15) is 18.0 Å². The van der Waals surface area contributed by atoms with Crippen molar-refractivity contribution in [2.75, 3.05) is 5.32 Å². The molecule has 10 nitrogen and oxygen atoms in total. The van der Waals surface area contributed by atoms with E-state index in [-0.39, 0.29) is 22.8 Å². The minimum Gasteiger partial charge on any atom is -0.468 e. The van der Waals surface area contributed by atoms with Crippen LogP contribution in [-0.2, 0) is 21.4 Å². The van der Waals surface area contributed by atoms with Crippen LogP contribution in [0.5, 0.6) is 0 Å². The quantitative estimate of drug-likeness (QED) is 0.397. The molecule has 3 rings (SSSR count). The lowest BCUT2D eigenvalue weighted by atomic mass is 10.2. The zero-order valence-corrected chi connectivity index (χ0v) is 16.7. The molecular formula is C19H19N5O5S. The summed E-state index contributed by atoms with van der Waals surface area (Å²) < 4.78 is 32.2. The van der Waals surface area contributed by atoms with Gasteiger partial charge in [0.25, 0.3) is 5.91 Å². The van der Waals surface area contributed by atoms with Gasteiger partial charge in [-0.1, -0.05) is 12.1 Å². The molecule has 0 atom stereocenters. The summed E-state index contributed by atoms with van der Waals surface area (Å²) in [6, 6.07) is 9.30. The lowest BCUT2D eigenvalue weighted by Gasteiger charge is -2.06.